The van der Waals surface area contributed by atoms with Gasteiger partial charge in [-0.05, 0) is 54.5 Å². The van der Waals surface area contributed by atoms with E-state index in [1.54, 1.807) is 4.52 Å². The van der Waals surface area contributed by atoms with E-state index in [0.717, 1.165) is 28.1 Å². The van der Waals surface area contributed by atoms with Gasteiger partial charge in [-0.1, -0.05) is 78.4 Å². The number of pyridine rings is 1. The van der Waals surface area contributed by atoms with Crippen molar-refractivity contribution >= 4 is 34.4 Å². The average molecular weight is 460 g/mol. The molecule has 5 nitrogen and oxygen atoms in total. The number of fused-ring (bicyclic) bond motifs is 1. The molecule has 6 heteroatoms. The maximum absolute atomic E-state index is 10.1. The van der Waals surface area contributed by atoms with Crippen LogP contribution in [-0.4, -0.2) is 14.7 Å². The number of thiocarbonyl (C=S) groups is 1. The molecule has 0 spiro atoms. The lowest BCUT2D eigenvalue weighted by Gasteiger charge is -2.09. The van der Waals surface area contributed by atoms with Crippen LogP contribution in [0.3, 0.4) is 0 Å². The summed E-state index contributed by atoms with van der Waals surface area (Å²) in [6.07, 6.45) is 0. The average Bonchev–Trinajstić information content (AvgIpc) is 3.22. The van der Waals surface area contributed by atoms with Crippen LogP contribution in [0.5, 0.6) is 0 Å². The number of nitriles is 1. The fourth-order valence-corrected chi connectivity index (χ4v) is 4.08. The quantitative estimate of drug-likeness (QED) is 0.294. The first kappa shape index (κ1) is 21.4. The lowest BCUT2D eigenvalue weighted by atomic mass is 10.0. The summed E-state index contributed by atoms with van der Waals surface area (Å²) in [5.41, 5.74) is 7.14. The van der Waals surface area contributed by atoms with Crippen LogP contribution in [0.2, 0.25) is 0 Å². The number of anilines is 2. The van der Waals surface area contributed by atoms with E-state index < -0.39 is 0 Å². The topological polar surface area (TPSA) is 65.2 Å². The first-order valence-corrected chi connectivity index (χ1v) is 11.3. The van der Waals surface area contributed by atoms with E-state index in [1.807, 2.05) is 85.8 Å². The monoisotopic (exact) mass is 459 g/mol. The van der Waals surface area contributed by atoms with Gasteiger partial charge in [0.05, 0.1) is 11.2 Å². The zero-order chi connectivity index (χ0) is 23.5. The molecule has 2 heterocycles. The highest BCUT2D eigenvalue weighted by atomic mass is 32.1. The summed E-state index contributed by atoms with van der Waals surface area (Å²) in [5.74, 6) is 0.412. The highest BCUT2D eigenvalue weighted by Crippen LogP contribution is 2.32. The highest BCUT2D eigenvalue weighted by Gasteiger charge is 2.18. The number of benzene rings is 3. The van der Waals surface area contributed by atoms with E-state index in [1.165, 1.54) is 5.56 Å². The molecule has 164 valence electrons. The summed E-state index contributed by atoms with van der Waals surface area (Å²) in [6.45, 7) is 2.03. The predicted molar refractivity (Wildman–Crippen MR) is 142 cm³/mol. The van der Waals surface area contributed by atoms with E-state index in [9.17, 15) is 5.26 Å². The van der Waals surface area contributed by atoms with Crippen LogP contribution in [0.1, 0.15) is 11.1 Å². The third-order valence-corrected chi connectivity index (χ3v) is 5.77. The number of aryl methyl sites for hydroxylation is 1. The Kier molecular flexibility index (Phi) is 5.77. The molecule has 0 amide bonds. The van der Waals surface area contributed by atoms with Crippen LogP contribution in [0, 0.1) is 18.3 Å². The molecule has 2 aromatic heterocycles. The first-order chi connectivity index (χ1) is 16.6. The normalized spacial score (nSPS) is 10.6. The van der Waals surface area contributed by atoms with E-state index >= 15 is 0 Å². The van der Waals surface area contributed by atoms with Crippen LogP contribution < -0.4 is 10.6 Å². The molecule has 0 saturated heterocycles. The maximum atomic E-state index is 10.1. The van der Waals surface area contributed by atoms with Crippen LogP contribution in [0.15, 0.2) is 97.1 Å². The molecule has 0 unspecified atom stereocenters. The lowest BCUT2D eigenvalue weighted by Crippen LogP contribution is -2.19. The summed E-state index contributed by atoms with van der Waals surface area (Å²) >= 11 is 5.51. The van der Waals surface area contributed by atoms with Gasteiger partial charge in [0.1, 0.15) is 11.6 Å². The molecule has 0 atom stereocenters. The number of nitrogens with zero attached hydrogens (tertiary/aromatic N) is 3. The van der Waals surface area contributed by atoms with Gasteiger partial charge >= 0.3 is 0 Å². The van der Waals surface area contributed by atoms with Gasteiger partial charge in [-0.3, -0.25) is 0 Å². The maximum Gasteiger partial charge on any atom is 0.176 e. The van der Waals surface area contributed by atoms with Gasteiger partial charge in [0, 0.05) is 11.3 Å². The molecule has 5 aromatic rings. The van der Waals surface area contributed by atoms with Gasteiger partial charge in [0.15, 0.2) is 10.9 Å². The van der Waals surface area contributed by atoms with Crippen LogP contribution in [0.25, 0.3) is 27.9 Å². The smallest absolute Gasteiger partial charge is 0.176 e. The summed E-state index contributed by atoms with van der Waals surface area (Å²) in [5, 5.41) is 21.4. The summed E-state index contributed by atoms with van der Waals surface area (Å²) in [6, 6.07) is 34.5. The van der Waals surface area contributed by atoms with E-state index in [2.05, 4.69) is 34.9 Å². The minimum Gasteiger partial charge on any atom is -0.332 e. The minimum absolute atomic E-state index is 0.369. The second-order valence-corrected chi connectivity index (χ2v) is 8.35. The Balaban J connectivity index is 1.60. The molecule has 34 heavy (non-hydrogen) atoms. The molecule has 0 aliphatic heterocycles. The Morgan fingerprint density at radius 3 is 2.12 bits per heavy atom. The van der Waals surface area contributed by atoms with Crippen molar-refractivity contribution in [2.24, 2.45) is 0 Å². The number of aromatic nitrogens is 2. The second-order valence-electron chi connectivity index (χ2n) is 7.94. The van der Waals surface area contributed by atoms with Gasteiger partial charge in [0.25, 0.3) is 0 Å². The van der Waals surface area contributed by atoms with Crippen LogP contribution >= 0.6 is 12.2 Å². The lowest BCUT2D eigenvalue weighted by molar-refractivity contribution is 0.975. The van der Waals surface area contributed by atoms with Crippen molar-refractivity contribution < 1.29 is 0 Å². The Morgan fingerprint density at radius 1 is 0.824 bits per heavy atom. The summed E-state index contributed by atoms with van der Waals surface area (Å²) in [4.78, 5) is 0. The molecular formula is C28H21N5S. The Bertz CT molecular complexity index is 1520. The van der Waals surface area contributed by atoms with Gasteiger partial charge in [0.2, 0.25) is 0 Å². The summed E-state index contributed by atoms with van der Waals surface area (Å²) in [7, 11) is 0. The fourth-order valence-electron chi connectivity index (χ4n) is 3.86. The van der Waals surface area contributed by atoms with Crippen molar-refractivity contribution in [1.82, 2.24) is 9.61 Å². The van der Waals surface area contributed by atoms with Crippen LogP contribution in [0.4, 0.5) is 11.5 Å². The fraction of sp³-hybridized carbons (Fsp3) is 0.0357. The van der Waals surface area contributed by atoms with Crippen molar-refractivity contribution in [2.45, 2.75) is 6.92 Å². The van der Waals surface area contributed by atoms with Gasteiger partial charge in [-0.25, -0.2) is 4.52 Å². The molecule has 0 radical (unpaired) electrons. The van der Waals surface area contributed by atoms with E-state index in [-0.39, 0.29) is 0 Å². The first-order valence-electron chi connectivity index (χ1n) is 10.8. The molecule has 5 rings (SSSR count). The summed E-state index contributed by atoms with van der Waals surface area (Å²) < 4.78 is 1.80. The molecule has 0 fully saturated rings. The number of nitrogens with one attached hydrogen (secondary N) is 2. The second kappa shape index (κ2) is 9.18. The van der Waals surface area contributed by atoms with Gasteiger partial charge in [-0.2, -0.15) is 5.26 Å². The predicted octanol–water partition coefficient (Wildman–Crippen LogP) is 6.66. The Morgan fingerprint density at radius 2 is 1.47 bits per heavy atom. The zero-order valence-corrected chi connectivity index (χ0v) is 19.3. The molecule has 0 saturated carbocycles. The molecule has 2 N–H and O–H groups in total. The van der Waals surface area contributed by atoms with Gasteiger partial charge in [-0.15, -0.1) is 5.10 Å². The number of hydrogen-bond acceptors (Lipinski definition) is 3. The minimum atomic E-state index is 0.369. The zero-order valence-electron chi connectivity index (χ0n) is 18.5. The highest BCUT2D eigenvalue weighted by molar-refractivity contribution is 7.80. The molecule has 0 aliphatic rings. The van der Waals surface area contributed by atoms with Crippen molar-refractivity contribution in [2.75, 3.05) is 10.6 Å². The standard InChI is InChI=1S/C28H21N5S/c1-19-12-14-23(15-13-19)30-28(34)31-27-24(18-29)26-17-22(20-8-4-2-5-9-20)16-25(33(26)32-27)21-10-6-3-7-11-21/h2-17H,1H3,(H2,30,31,32,34). The number of rotatable bonds is 4. The third-order valence-electron chi connectivity index (χ3n) is 5.56. The van der Waals surface area contributed by atoms with Crippen molar-refractivity contribution in [1.29, 1.82) is 5.26 Å². The van der Waals surface area contributed by atoms with Crippen LogP contribution in [-0.2, 0) is 0 Å². The Labute approximate surface area is 203 Å². The largest absolute Gasteiger partial charge is 0.332 e. The van der Waals surface area contributed by atoms with E-state index in [4.69, 9.17) is 17.3 Å². The molecule has 0 bridgehead atoms. The van der Waals surface area contributed by atoms with Gasteiger partial charge < -0.3 is 10.6 Å². The van der Waals surface area contributed by atoms with Crippen molar-refractivity contribution in [3.05, 3.63) is 108 Å². The molecule has 3 aromatic carbocycles. The third kappa shape index (κ3) is 4.25. The van der Waals surface area contributed by atoms with Crippen molar-refractivity contribution in [3.8, 4) is 28.5 Å². The SMILES string of the molecule is Cc1ccc(NC(=S)Nc2nn3c(-c4ccccc4)cc(-c4ccccc4)cc3c2C#N)cc1. The Hall–Kier alpha value is -4.47. The molecular weight excluding hydrogens is 438 g/mol. The van der Waals surface area contributed by atoms with E-state index in [0.29, 0.717) is 22.0 Å². The van der Waals surface area contributed by atoms with Crippen molar-refractivity contribution in [3.63, 3.8) is 0 Å². The molecule has 0 aliphatic carbocycles. The number of hydrogen-bond donors (Lipinski definition) is 2.